The smallest absolute Gasteiger partial charge is 0.329 e. The third-order valence-electron chi connectivity index (χ3n) is 5.14. The highest BCUT2D eigenvalue weighted by Crippen LogP contribution is 2.37. The van der Waals surface area contributed by atoms with Crippen LogP contribution in [0.15, 0.2) is 29.3 Å². The zero-order valence-electron chi connectivity index (χ0n) is 14.2. The minimum atomic E-state index is -0.675. The van der Waals surface area contributed by atoms with E-state index in [-0.39, 0.29) is 11.9 Å². The third-order valence-corrected chi connectivity index (χ3v) is 5.14. The molecule has 0 bridgehead atoms. The molecule has 0 radical (unpaired) electrons. The van der Waals surface area contributed by atoms with Crippen LogP contribution in [0.1, 0.15) is 37.7 Å². The average Bonchev–Trinajstić information content (AvgIpc) is 3.20. The largest absolute Gasteiger partial charge is 0.356 e. The second-order valence-electron chi connectivity index (χ2n) is 6.89. The Hall–Kier alpha value is -2.57. The van der Waals surface area contributed by atoms with Crippen molar-refractivity contribution in [3.8, 4) is 0 Å². The molecule has 3 aliphatic rings. The van der Waals surface area contributed by atoms with E-state index in [0.717, 1.165) is 56.7 Å². The van der Waals surface area contributed by atoms with Gasteiger partial charge in [0.25, 0.3) is 5.91 Å². The van der Waals surface area contributed by atoms with Crippen LogP contribution in [-0.4, -0.2) is 36.5 Å². The second kappa shape index (κ2) is 6.38. The number of nitrogens with one attached hydrogen (secondary N) is 3. The minimum absolute atomic E-state index is 0.113. The van der Waals surface area contributed by atoms with E-state index in [9.17, 15) is 9.59 Å². The van der Waals surface area contributed by atoms with Gasteiger partial charge in [-0.3, -0.25) is 9.79 Å². The molecule has 132 valence electrons. The van der Waals surface area contributed by atoms with E-state index in [1.165, 1.54) is 4.90 Å². The fraction of sp³-hybridized carbons (Fsp3) is 0.500. The Morgan fingerprint density at radius 2 is 2.04 bits per heavy atom. The molecule has 1 spiro atoms. The molecular formula is C18H23N5O2. The Bertz CT molecular complexity index is 724. The van der Waals surface area contributed by atoms with Crippen molar-refractivity contribution in [2.45, 2.75) is 44.2 Å². The number of benzene rings is 1. The normalized spacial score (nSPS) is 21.9. The number of guanidine groups is 1. The second-order valence-corrected chi connectivity index (χ2v) is 6.89. The molecule has 4 rings (SSSR count). The van der Waals surface area contributed by atoms with Gasteiger partial charge in [0.15, 0.2) is 5.96 Å². The van der Waals surface area contributed by atoms with Crippen LogP contribution in [-0.2, 0) is 11.3 Å². The number of amides is 3. The number of hydrogen-bond donors (Lipinski definition) is 3. The average molecular weight is 341 g/mol. The van der Waals surface area contributed by atoms with Crippen LogP contribution in [0.3, 0.4) is 0 Å². The van der Waals surface area contributed by atoms with Crippen molar-refractivity contribution in [1.29, 1.82) is 0 Å². The van der Waals surface area contributed by atoms with E-state index >= 15 is 0 Å². The van der Waals surface area contributed by atoms with Crippen molar-refractivity contribution in [3.63, 3.8) is 0 Å². The Morgan fingerprint density at radius 1 is 1.20 bits per heavy atom. The maximum Gasteiger partial charge on any atom is 0.329 e. The zero-order valence-corrected chi connectivity index (χ0v) is 14.2. The van der Waals surface area contributed by atoms with E-state index in [4.69, 9.17) is 0 Å². The van der Waals surface area contributed by atoms with Gasteiger partial charge in [-0.25, -0.2) is 9.69 Å². The molecular weight excluding hydrogens is 318 g/mol. The SMILES string of the molecule is O=C1NC2(CCCC2)C(=O)N1c1cccc(CNC2=NCCCN2)c1. The molecule has 0 unspecified atom stereocenters. The lowest BCUT2D eigenvalue weighted by atomic mass is 9.98. The van der Waals surface area contributed by atoms with E-state index in [0.29, 0.717) is 12.2 Å². The summed E-state index contributed by atoms with van der Waals surface area (Å²) in [6, 6.07) is 7.25. The summed E-state index contributed by atoms with van der Waals surface area (Å²) in [5, 5.41) is 9.40. The topological polar surface area (TPSA) is 85.8 Å². The quantitative estimate of drug-likeness (QED) is 0.727. The molecule has 25 heavy (non-hydrogen) atoms. The van der Waals surface area contributed by atoms with Crippen molar-refractivity contribution >= 4 is 23.6 Å². The minimum Gasteiger partial charge on any atom is -0.356 e. The maximum atomic E-state index is 12.9. The Balaban J connectivity index is 1.50. The molecule has 3 N–H and O–H groups in total. The number of carbonyl (C=O) groups is 2. The molecule has 1 saturated carbocycles. The summed E-state index contributed by atoms with van der Waals surface area (Å²) in [4.78, 5) is 30.9. The molecule has 2 heterocycles. The number of rotatable bonds is 3. The van der Waals surface area contributed by atoms with Crippen molar-refractivity contribution in [1.82, 2.24) is 16.0 Å². The summed E-state index contributed by atoms with van der Waals surface area (Å²) in [7, 11) is 0. The summed E-state index contributed by atoms with van der Waals surface area (Å²) in [5.74, 6) is 0.690. The van der Waals surface area contributed by atoms with Crippen LogP contribution in [0.25, 0.3) is 0 Å². The monoisotopic (exact) mass is 341 g/mol. The van der Waals surface area contributed by atoms with Crippen LogP contribution >= 0.6 is 0 Å². The summed E-state index contributed by atoms with van der Waals surface area (Å²) >= 11 is 0. The van der Waals surface area contributed by atoms with Crippen molar-refractivity contribution in [3.05, 3.63) is 29.8 Å². The van der Waals surface area contributed by atoms with Gasteiger partial charge in [-0.2, -0.15) is 0 Å². The third kappa shape index (κ3) is 2.94. The molecule has 2 aliphatic heterocycles. The molecule has 0 atom stereocenters. The van der Waals surface area contributed by atoms with E-state index in [1.807, 2.05) is 24.3 Å². The first-order chi connectivity index (χ1) is 12.2. The highest BCUT2D eigenvalue weighted by Gasteiger charge is 2.52. The standard InChI is InChI=1S/C18H23N5O2/c24-15-18(7-1-2-8-18)22-17(25)23(15)14-6-3-5-13(11-14)12-21-16-19-9-4-10-20-16/h3,5-6,11H,1-2,4,7-10,12H2,(H,22,25)(H2,19,20,21). The van der Waals surface area contributed by atoms with Crippen LogP contribution in [0.2, 0.25) is 0 Å². The predicted octanol–water partition coefficient (Wildman–Crippen LogP) is 1.49. The van der Waals surface area contributed by atoms with Gasteiger partial charge in [0.2, 0.25) is 0 Å². The van der Waals surface area contributed by atoms with Gasteiger partial charge >= 0.3 is 6.03 Å². The van der Waals surface area contributed by atoms with Crippen LogP contribution in [0, 0.1) is 0 Å². The highest BCUT2D eigenvalue weighted by molar-refractivity contribution is 6.23. The summed E-state index contributed by atoms with van der Waals surface area (Å²) in [5.41, 5.74) is 0.955. The lowest BCUT2D eigenvalue weighted by molar-refractivity contribution is -0.121. The summed E-state index contributed by atoms with van der Waals surface area (Å²) in [6.45, 7) is 2.35. The number of urea groups is 1. The van der Waals surface area contributed by atoms with E-state index in [1.54, 1.807) is 0 Å². The van der Waals surface area contributed by atoms with Crippen molar-refractivity contribution < 1.29 is 9.59 Å². The first kappa shape index (κ1) is 15.9. The molecule has 1 aromatic rings. The van der Waals surface area contributed by atoms with Crippen molar-refractivity contribution in [2.75, 3.05) is 18.0 Å². The maximum absolute atomic E-state index is 12.9. The summed E-state index contributed by atoms with van der Waals surface area (Å²) < 4.78 is 0. The number of hydrogen-bond acceptors (Lipinski definition) is 5. The van der Waals surface area contributed by atoms with Gasteiger partial charge in [-0.1, -0.05) is 25.0 Å². The Kier molecular flexibility index (Phi) is 4.07. The van der Waals surface area contributed by atoms with E-state index in [2.05, 4.69) is 20.9 Å². The zero-order chi connectivity index (χ0) is 17.3. The fourth-order valence-electron chi connectivity index (χ4n) is 3.81. The number of anilines is 1. The van der Waals surface area contributed by atoms with E-state index < -0.39 is 5.54 Å². The van der Waals surface area contributed by atoms with Gasteiger partial charge in [0.1, 0.15) is 5.54 Å². The molecule has 1 aromatic carbocycles. The molecule has 0 aromatic heterocycles. The van der Waals surface area contributed by atoms with Crippen LogP contribution in [0.4, 0.5) is 10.5 Å². The number of imide groups is 1. The van der Waals surface area contributed by atoms with Gasteiger partial charge in [0.05, 0.1) is 5.69 Å². The van der Waals surface area contributed by atoms with Gasteiger partial charge in [-0.15, -0.1) is 0 Å². The van der Waals surface area contributed by atoms with Crippen LogP contribution in [0.5, 0.6) is 0 Å². The Morgan fingerprint density at radius 3 is 2.80 bits per heavy atom. The molecule has 3 amide bonds. The van der Waals surface area contributed by atoms with Gasteiger partial charge < -0.3 is 16.0 Å². The van der Waals surface area contributed by atoms with Gasteiger partial charge in [0, 0.05) is 19.6 Å². The van der Waals surface area contributed by atoms with Gasteiger partial charge in [-0.05, 0) is 37.0 Å². The first-order valence-electron chi connectivity index (χ1n) is 8.96. The molecule has 2 fully saturated rings. The molecule has 1 saturated heterocycles. The first-order valence-corrected chi connectivity index (χ1v) is 8.96. The lowest BCUT2D eigenvalue weighted by Crippen LogP contribution is -2.44. The Labute approximate surface area is 146 Å². The molecule has 7 heteroatoms. The summed E-state index contributed by atoms with van der Waals surface area (Å²) in [6.07, 6.45) is 4.49. The lowest BCUT2D eigenvalue weighted by Gasteiger charge is -2.20. The predicted molar refractivity (Wildman–Crippen MR) is 95.4 cm³/mol. The number of nitrogens with zero attached hydrogens (tertiary/aromatic N) is 2. The fourth-order valence-corrected chi connectivity index (χ4v) is 3.81. The highest BCUT2D eigenvalue weighted by atomic mass is 16.2. The number of aliphatic imine (C=N–C) groups is 1. The molecule has 7 nitrogen and oxygen atoms in total. The number of carbonyl (C=O) groups excluding carboxylic acids is 2. The van der Waals surface area contributed by atoms with Crippen molar-refractivity contribution in [2.24, 2.45) is 4.99 Å². The van der Waals surface area contributed by atoms with Crippen LogP contribution < -0.4 is 20.9 Å². The molecule has 1 aliphatic carbocycles.